The highest BCUT2D eigenvalue weighted by Gasteiger charge is 2.17. The Kier molecular flexibility index (Phi) is 6.52. The number of hydrogen-bond acceptors (Lipinski definition) is 3. The molecule has 0 saturated carbocycles. The van der Waals surface area contributed by atoms with E-state index in [9.17, 15) is 0 Å². The fourth-order valence-electron chi connectivity index (χ4n) is 3.20. The van der Waals surface area contributed by atoms with Crippen LogP contribution in [0.2, 0.25) is 0 Å². The van der Waals surface area contributed by atoms with E-state index in [0.29, 0.717) is 12.1 Å². The molecule has 1 fully saturated rings. The van der Waals surface area contributed by atoms with Crippen molar-refractivity contribution in [2.45, 2.75) is 58.7 Å². The van der Waals surface area contributed by atoms with Gasteiger partial charge in [-0.25, -0.2) is 0 Å². The van der Waals surface area contributed by atoms with Crippen molar-refractivity contribution in [3.05, 3.63) is 29.8 Å². The van der Waals surface area contributed by atoms with Gasteiger partial charge in [0.1, 0.15) is 0 Å². The lowest BCUT2D eigenvalue weighted by Gasteiger charge is -2.24. The Labute approximate surface area is 130 Å². The van der Waals surface area contributed by atoms with Gasteiger partial charge >= 0.3 is 0 Å². The summed E-state index contributed by atoms with van der Waals surface area (Å²) in [4.78, 5) is 2.46. The molecule has 1 aliphatic rings. The van der Waals surface area contributed by atoms with E-state index in [-0.39, 0.29) is 0 Å². The van der Waals surface area contributed by atoms with Crippen molar-refractivity contribution >= 4 is 5.69 Å². The smallest absolute Gasteiger partial charge is 0.0387 e. The molecular formula is C18H31N3. The molecule has 0 amide bonds. The Bertz CT molecular complexity index is 409. The molecule has 2 rings (SSSR count). The lowest BCUT2D eigenvalue weighted by atomic mass is 10.1. The van der Waals surface area contributed by atoms with Gasteiger partial charge in [0.2, 0.25) is 0 Å². The maximum atomic E-state index is 3.72. The quantitative estimate of drug-likeness (QED) is 0.767. The normalized spacial score (nSPS) is 19.9. The Balaban J connectivity index is 1.94. The molecule has 2 unspecified atom stereocenters. The molecule has 21 heavy (non-hydrogen) atoms. The van der Waals surface area contributed by atoms with Crippen molar-refractivity contribution in [2.24, 2.45) is 0 Å². The first-order valence-electron chi connectivity index (χ1n) is 8.53. The lowest BCUT2D eigenvalue weighted by molar-refractivity contribution is 0.296. The van der Waals surface area contributed by atoms with Crippen LogP contribution in [-0.4, -0.2) is 36.6 Å². The van der Waals surface area contributed by atoms with Crippen molar-refractivity contribution in [1.29, 1.82) is 0 Å². The number of nitrogens with zero attached hydrogens (tertiary/aromatic N) is 1. The largest absolute Gasteiger partial charge is 0.382 e. The van der Waals surface area contributed by atoms with E-state index in [0.717, 1.165) is 19.6 Å². The Morgan fingerprint density at radius 3 is 2.71 bits per heavy atom. The Morgan fingerprint density at radius 1 is 1.29 bits per heavy atom. The summed E-state index contributed by atoms with van der Waals surface area (Å²) in [5.41, 5.74) is 2.71. The molecule has 1 aliphatic heterocycles. The van der Waals surface area contributed by atoms with Gasteiger partial charge in [-0.2, -0.15) is 0 Å². The maximum Gasteiger partial charge on any atom is 0.0387 e. The second kappa shape index (κ2) is 8.40. The highest BCUT2D eigenvalue weighted by Crippen LogP contribution is 2.20. The molecule has 1 aromatic carbocycles. The lowest BCUT2D eigenvalue weighted by Crippen LogP contribution is -2.29. The number of rotatable bonds is 8. The molecule has 0 aliphatic carbocycles. The first kappa shape index (κ1) is 16.3. The molecule has 0 radical (unpaired) electrons. The van der Waals surface area contributed by atoms with Gasteiger partial charge in [0.15, 0.2) is 0 Å². The number of benzene rings is 1. The van der Waals surface area contributed by atoms with Crippen molar-refractivity contribution in [1.82, 2.24) is 10.2 Å². The average molecular weight is 289 g/mol. The Hall–Kier alpha value is -1.06. The highest BCUT2D eigenvalue weighted by atomic mass is 15.1. The van der Waals surface area contributed by atoms with Crippen molar-refractivity contribution in [2.75, 3.05) is 25.0 Å². The summed E-state index contributed by atoms with van der Waals surface area (Å²) in [7, 11) is 0. The number of anilines is 1. The summed E-state index contributed by atoms with van der Waals surface area (Å²) in [6.45, 7) is 11.2. The first-order chi connectivity index (χ1) is 10.2. The van der Waals surface area contributed by atoms with Gasteiger partial charge < -0.3 is 10.6 Å². The van der Waals surface area contributed by atoms with Gasteiger partial charge in [0.25, 0.3) is 0 Å². The van der Waals surface area contributed by atoms with E-state index in [1.807, 2.05) is 0 Å². The van der Waals surface area contributed by atoms with E-state index in [2.05, 4.69) is 60.6 Å². The number of para-hydroxylation sites is 1. The summed E-state index contributed by atoms with van der Waals surface area (Å²) < 4.78 is 0. The molecule has 0 bridgehead atoms. The fraction of sp³-hybridized carbons (Fsp3) is 0.667. The maximum absolute atomic E-state index is 3.72. The van der Waals surface area contributed by atoms with E-state index in [4.69, 9.17) is 0 Å². The van der Waals surface area contributed by atoms with E-state index < -0.39 is 0 Å². The van der Waals surface area contributed by atoms with Crippen LogP contribution in [0.1, 0.15) is 45.6 Å². The predicted octanol–water partition coefficient (Wildman–Crippen LogP) is 3.47. The van der Waals surface area contributed by atoms with Crippen LogP contribution in [-0.2, 0) is 6.54 Å². The third kappa shape index (κ3) is 5.01. The monoisotopic (exact) mass is 289 g/mol. The average Bonchev–Trinajstić information content (AvgIpc) is 2.99. The molecule has 118 valence electrons. The van der Waals surface area contributed by atoms with Gasteiger partial charge in [0, 0.05) is 24.3 Å². The topological polar surface area (TPSA) is 27.3 Å². The predicted molar refractivity (Wildman–Crippen MR) is 91.8 cm³/mol. The van der Waals surface area contributed by atoms with Crippen LogP contribution in [0.5, 0.6) is 0 Å². The molecule has 1 aromatic rings. The third-order valence-electron chi connectivity index (χ3n) is 4.51. The second-order valence-electron chi connectivity index (χ2n) is 6.19. The third-order valence-corrected chi connectivity index (χ3v) is 4.51. The minimum absolute atomic E-state index is 0.512. The summed E-state index contributed by atoms with van der Waals surface area (Å²) in [6, 6.07) is 9.96. The van der Waals surface area contributed by atoms with Crippen LogP contribution in [0, 0.1) is 0 Å². The standard InChI is InChI=1S/C18H31N3/c1-4-21(5-2)14-16-9-6-7-11-18(16)20-15(3)13-17-10-8-12-19-17/h6-7,9,11,15,17,19-20H,4-5,8,10,12-14H2,1-3H3. The number of hydrogen-bond donors (Lipinski definition) is 2. The van der Waals surface area contributed by atoms with Crippen molar-refractivity contribution in [3.8, 4) is 0 Å². The molecular weight excluding hydrogens is 258 g/mol. The van der Waals surface area contributed by atoms with Gasteiger partial charge in [-0.1, -0.05) is 32.0 Å². The molecule has 0 aromatic heterocycles. The molecule has 3 nitrogen and oxygen atoms in total. The van der Waals surface area contributed by atoms with Crippen LogP contribution in [0.15, 0.2) is 24.3 Å². The highest BCUT2D eigenvalue weighted by molar-refractivity contribution is 5.51. The zero-order valence-electron chi connectivity index (χ0n) is 13.9. The molecule has 2 N–H and O–H groups in total. The fourth-order valence-corrected chi connectivity index (χ4v) is 3.20. The molecule has 1 saturated heterocycles. The SMILES string of the molecule is CCN(CC)Cc1ccccc1NC(C)CC1CCCN1. The zero-order valence-corrected chi connectivity index (χ0v) is 13.9. The van der Waals surface area contributed by atoms with E-state index in [1.165, 1.54) is 37.1 Å². The summed E-state index contributed by atoms with van der Waals surface area (Å²) >= 11 is 0. The van der Waals surface area contributed by atoms with Crippen LogP contribution in [0.4, 0.5) is 5.69 Å². The first-order valence-corrected chi connectivity index (χ1v) is 8.53. The van der Waals surface area contributed by atoms with Crippen LogP contribution >= 0.6 is 0 Å². The van der Waals surface area contributed by atoms with Crippen molar-refractivity contribution < 1.29 is 0 Å². The van der Waals surface area contributed by atoms with Crippen molar-refractivity contribution in [3.63, 3.8) is 0 Å². The molecule has 0 spiro atoms. The molecule has 3 heteroatoms. The minimum atomic E-state index is 0.512. The number of nitrogens with one attached hydrogen (secondary N) is 2. The van der Waals surface area contributed by atoms with Crippen LogP contribution in [0.3, 0.4) is 0 Å². The summed E-state index contributed by atoms with van der Waals surface area (Å²) in [5, 5.41) is 7.31. The van der Waals surface area contributed by atoms with Gasteiger partial charge in [-0.05, 0) is 57.5 Å². The molecule has 2 atom stereocenters. The Morgan fingerprint density at radius 2 is 2.05 bits per heavy atom. The van der Waals surface area contributed by atoms with Gasteiger partial charge in [-0.3, -0.25) is 4.90 Å². The van der Waals surface area contributed by atoms with Gasteiger partial charge in [0.05, 0.1) is 0 Å². The van der Waals surface area contributed by atoms with E-state index >= 15 is 0 Å². The zero-order chi connectivity index (χ0) is 15.1. The van der Waals surface area contributed by atoms with Crippen LogP contribution in [0.25, 0.3) is 0 Å². The van der Waals surface area contributed by atoms with Crippen LogP contribution < -0.4 is 10.6 Å². The minimum Gasteiger partial charge on any atom is -0.382 e. The summed E-state index contributed by atoms with van der Waals surface area (Å²) in [5.74, 6) is 0. The summed E-state index contributed by atoms with van der Waals surface area (Å²) in [6.07, 6.45) is 3.86. The van der Waals surface area contributed by atoms with Gasteiger partial charge in [-0.15, -0.1) is 0 Å². The van der Waals surface area contributed by atoms with E-state index in [1.54, 1.807) is 0 Å². The second-order valence-corrected chi connectivity index (χ2v) is 6.19. The molecule has 1 heterocycles.